The summed E-state index contributed by atoms with van der Waals surface area (Å²) in [5.41, 5.74) is 0.518. The van der Waals surface area contributed by atoms with Gasteiger partial charge in [-0.15, -0.1) is 11.8 Å². The van der Waals surface area contributed by atoms with Crippen molar-refractivity contribution < 1.29 is 18.9 Å². The van der Waals surface area contributed by atoms with Gasteiger partial charge in [0.1, 0.15) is 5.82 Å². The van der Waals surface area contributed by atoms with Crippen molar-refractivity contribution in [1.82, 2.24) is 10.2 Å². The number of piperidine rings is 1. The standard InChI is InChI=1S/C21H23FN4O4S/c1-14(31-19-8-6-18(7-9-19)26(29)30)20(27)25-12-10-17(11-13-25)24-21(28)23-16-4-2-15(22)3-5-16/h2-9,14,17H,10-13H2,1H3,(H2,23,24,28). The highest BCUT2D eigenvalue weighted by atomic mass is 32.2. The van der Waals surface area contributed by atoms with E-state index in [4.69, 9.17) is 0 Å². The van der Waals surface area contributed by atoms with Gasteiger partial charge in [0, 0.05) is 41.8 Å². The summed E-state index contributed by atoms with van der Waals surface area (Å²) in [7, 11) is 0. The lowest BCUT2D eigenvalue weighted by Crippen LogP contribution is -2.49. The molecule has 0 spiro atoms. The second-order valence-corrected chi connectivity index (χ2v) is 8.63. The van der Waals surface area contributed by atoms with Gasteiger partial charge in [0.2, 0.25) is 5.91 Å². The number of hydrogen-bond acceptors (Lipinski definition) is 5. The topological polar surface area (TPSA) is 105 Å². The number of halogens is 1. The summed E-state index contributed by atoms with van der Waals surface area (Å²) in [5.74, 6) is -0.374. The number of rotatable bonds is 6. The first-order valence-electron chi connectivity index (χ1n) is 9.85. The van der Waals surface area contributed by atoms with Crippen LogP contribution in [0.3, 0.4) is 0 Å². The maximum Gasteiger partial charge on any atom is 0.319 e. The predicted molar refractivity (Wildman–Crippen MR) is 117 cm³/mol. The molecule has 3 amide bonds. The van der Waals surface area contributed by atoms with E-state index < -0.39 is 4.92 Å². The number of anilines is 1. The van der Waals surface area contributed by atoms with E-state index in [1.54, 1.807) is 17.0 Å². The summed E-state index contributed by atoms with van der Waals surface area (Å²) in [6.45, 7) is 2.88. The van der Waals surface area contributed by atoms with Crippen LogP contribution >= 0.6 is 11.8 Å². The molecule has 0 saturated carbocycles. The first kappa shape index (κ1) is 22.5. The van der Waals surface area contributed by atoms with E-state index in [2.05, 4.69) is 10.6 Å². The third kappa shape index (κ3) is 6.42. The second kappa shape index (κ2) is 10.3. The normalized spacial score (nSPS) is 15.2. The van der Waals surface area contributed by atoms with Crippen LogP contribution in [0.4, 0.5) is 20.6 Å². The second-order valence-electron chi connectivity index (χ2n) is 7.22. The average molecular weight is 447 g/mol. The fourth-order valence-electron chi connectivity index (χ4n) is 3.29. The smallest absolute Gasteiger partial charge is 0.319 e. The molecule has 2 aromatic carbocycles. The number of benzene rings is 2. The van der Waals surface area contributed by atoms with Gasteiger partial charge in [-0.25, -0.2) is 9.18 Å². The van der Waals surface area contributed by atoms with Gasteiger partial charge in [-0.1, -0.05) is 0 Å². The van der Waals surface area contributed by atoms with E-state index in [1.165, 1.54) is 48.2 Å². The quantitative estimate of drug-likeness (QED) is 0.396. The number of nitro benzene ring substituents is 1. The number of carbonyl (C=O) groups excluding carboxylic acids is 2. The number of carbonyl (C=O) groups is 2. The van der Waals surface area contributed by atoms with Crippen LogP contribution in [0.5, 0.6) is 0 Å². The van der Waals surface area contributed by atoms with Crippen molar-refractivity contribution in [1.29, 1.82) is 0 Å². The first-order valence-corrected chi connectivity index (χ1v) is 10.7. The summed E-state index contributed by atoms with van der Waals surface area (Å²) in [6, 6.07) is 11.2. The molecule has 1 atom stereocenters. The monoisotopic (exact) mass is 446 g/mol. The highest BCUT2D eigenvalue weighted by molar-refractivity contribution is 8.00. The molecule has 3 rings (SSSR count). The van der Waals surface area contributed by atoms with Crippen LogP contribution < -0.4 is 10.6 Å². The zero-order valence-corrected chi connectivity index (χ0v) is 17.7. The van der Waals surface area contributed by atoms with Gasteiger partial charge < -0.3 is 15.5 Å². The van der Waals surface area contributed by atoms with Crippen LogP contribution in [0.2, 0.25) is 0 Å². The van der Waals surface area contributed by atoms with Crippen LogP contribution in [0, 0.1) is 15.9 Å². The van der Waals surface area contributed by atoms with Crippen LogP contribution in [0.25, 0.3) is 0 Å². The Morgan fingerprint density at radius 3 is 2.32 bits per heavy atom. The number of hydrogen-bond donors (Lipinski definition) is 2. The summed E-state index contributed by atoms with van der Waals surface area (Å²) in [6.07, 6.45) is 1.27. The molecular formula is C21H23FN4O4S. The Morgan fingerprint density at radius 1 is 1.13 bits per heavy atom. The van der Waals surface area contributed by atoms with Crippen LogP contribution in [0.15, 0.2) is 53.4 Å². The van der Waals surface area contributed by atoms with E-state index in [9.17, 15) is 24.1 Å². The number of non-ortho nitro benzene ring substituents is 1. The highest BCUT2D eigenvalue weighted by Crippen LogP contribution is 2.27. The molecule has 0 radical (unpaired) electrons. The predicted octanol–water partition coefficient (Wildman–Crippen LogP) is 4.03. The fourth-order valence-corrected chi connectivity index (χ4v) is 4.24. The third-order valence-corrected chi connectivity index (χ3v) is 6.05. The number of thioether (sulfide) groups is 1. The van der Waals surface area contributed by atoms with Crippen molar-refractivity contribution in [3.8, 4) is 0 Å². The lowest BCUT2D eigenvalue weighted by atomic mass is 10.0. The number of nitrogens with zero attached hydrogens (tertiary/aromatic N) is 2. The van der Waals surface area contributed by atoms with Crippen molar-refractivity contribution in [2.75, 3.05) is 18.4 Å². The Morgan fingerprint density at radius 2 is 1.74 bits per heavy atom. The van der Waals surface area contributed by atoms with Crippen molar-refractivity contribution in [2.45, 2.75) is 36.0 Å². The molecule has 1 aliphatic heterocycles. The zero-order chi connectivity index (χ0) is 22.4. The molecule has 1 heterocycles. The number of nitrogens with one attached hydrogen (secondary N) is 2. The Labute approximate surface area is 183 Å². The number of urea groups is 1. The molecular weight excluding hydrogens is 423 g/mol. The van der Waals surface area contributed by atoms with Crippen molar-refractivity contribution in [2.24, 2.45) is 0 Å². The fraction of sp³-hybridized carbons (Fsp3) is 0.333. The van der Waals surface area contributed by atoms with E-state index in [0.29, 0.717) is 31.6 Å². The summed E-state index contributed by atoms with van der Waals surface area (Å²) >= 11 is 1.36. The molecule has 0 aliphatic carbocycles. The van der Waals surface area contributed by atoms with Gasteiger partial charge in [0.25, 0.3) is 5.69 Å². The largest absolute Gasteiger partial charge is 0.342 e. The molecule has 0 bridgehead atoms. The third-order valence-electron chi connectivity index (χ3n) is 4.95. The molecule has 2 aromatic rings. The minimum Gasteiger partial charge on any atom is -0.342 e. The van der Waals surface area contributed by atoms with Gasteiger partial charge in [-0.3, -0.25) is 14.9 Å². The summed E-state index contributed by atoms with van der Waals surface area (Å²) < 4.78 is 12.9. The van der Waals surface area contributed by atoms with Gasteiger partial charge in [0.15, 0.2) is 0 Å². The summed E-state index contributed by atoms with van der Waals surface area (Å²) in [4.78, 5) is 37.7. The van der Waals surface area contributed by atoms with Crippen LogP contribution in [-0.4, -0.2) is 46.1 Å². The Bertz CT molecular complexity index is 931. The minimum atomic E-state index is -0.457. The molecule has 0 aromatic heterocycles. The maximum atomic E-state index is 12.9. The Hall–Kier alpha value is -3.14. The van der Waals surface area contributed by atoms with Crippen LogP contribution in [0.1, 0.15) is 19.8 Å². The SMILES string of the molecule is CC(Sc1ccc([N+](=O)[O-])cc1)C(=O)N1CCC(NC(=O)Nc2ccc(F)cc2)CC1. The van der Waals surface area contributed by atoms with Gasteiger partial charge >= 0.3 is 6.03 Å². The molecule has 8 nitrogen and oxygen atoms in total. The highest BCUT2D eigenvalue weighted by Gasteiger charge is 2.27. The molecule has 31 heavy (non-hydrogen) atoms. The van der Waals surface area contributed by atoms with Gasteiger partial charge in [-0.2, -0.15) is 0 Å². The number of amides is 3. The lowest BCUT2D eigenvalue weighted by Gasteiger charge is -2.33. The van der Waals surface area contributed by atoms with Gasteiger partial charge in [0.05, 0.1) is 10.2 Å². The number of nitro groups is 1. The average Bonchev–Trinajstić information content (AvgIpc) is 2.75. The molecule has 10 heteroatoms. The van der Waals surface area contributed by atoms with Crippen molar-refractivity contribution in [3.05, 3.63) is 64.5 Å². The van der Waals surface area contributed by atoms with E-state index in [-0.39, 0.29) is 34.7 Å². The summed E-state index contributed by atoms with van der Waals surface area (Å²) in [5, 5.41) is 16.0. The maximum absolute atomic E-state index is 12.9. The van der Waals surface area contributed by atoms with Crippen LogP contribution in [-0.2, 0) is 4.79 Å². The molecule has 1 saturated heterocycles. The molecule has 2 N–H and O–H groups in total. The Balaban J connectivity index is 1.43. The van der Waals surface area contributed by atoms with E-state index in [1.807, 2.05) is 6.92 Å². The van der Waals surface area contributed by atoms with Gasteiger partial charge in [-0.05, 0) is 56.2 Å². The minimum absolute atomic E-state index is 0.00225. The zero-order valence-electron chi connectivity index (χ0n) is 16.9. The molecule has 1 fully saturated rings. The lowest BCUT2D eigenvalue weighted by molar-refractivity contribution is -0.384. The van der Waals surface area contributed by atoms with Crippen molar-refractivity contribution in [3.63, 3.8) is 0 Å². The molecule has 1 unspecified atom stereocenters. The Kier molecular flexibility index (Phi) is 7.45. The van der Waals surface area contributed by atoms with Crippen molar-refractivity contribution >= 4 is 35.1 Å². The van der Waals surface area contributed by atoms with E-state index in [0.717, 1.165) is 4.90 Å². The molecule has 164 valence electrons. The molecule has 1 aliphatic rings. The van der Waals surface area contributed by atoms with E-state index >= 15 is 0 Å². The first-order chi connectivity index (χ1) is 14.8. The number of likely N-dealkylation sites (tertiary alicyclic amines) is 1.